The lowest BCUT2D eigenvalue weighted by molar-refractivity contribution is 0.344. The minimum atomic E-state index is -0.132. The van der Waals surface area contributed by atoms with Gasteiger partial charge in [-0.3, -0.25) is 0 Å². The molecule has 1 aromatic rings. The van der Waals surface area contributed by atoms with Crippen LogP contribution in [0, 0.1) is 6.20 Å². The average Bonchev–Trinajstić information content (AvgIpc) is 2.38. The highest BCUT2D eigenvalue weighted by Gasteiger charge is 2.19. The topological polar surface area (TPSA) is 26.0 Å². The van der Waals surface area contributed by atoms with Crippen LogP contribution in [0.5, 0.6) is 0 Å². The Balaban J connectivity index is 2.95. The van der Waals surface area contributed by atoms with E-state index >= 15 is 0 Å². The van der Waals surface area contributed by atoms with E-state index in [1.165, 1.54) is 0 Å². The van der Waals surface area contributed by atoms with Crippen LogP contribution in [-0.2, 0) is 5.41 Å². The van der Waals surface area contributed by atoms with Crippen LogP contribution in [0.1, 0.15) is 19.6 Å². The van der Waals surface area contributed by atoms with Gasteiger partial charge in [-0.1, -0.05) is 11.2 Å². The maximum Gasteiger partial charge on any atom is 0.146 e. The second kappa shape index (κ2) is 2.29. The monoisotopic (exact) mass is 136 g/mol. The summed E-state index contributed by atoms with van der Waals surface area (Å²) in [5.74, 6) is 0.794. The maximum atomic E-state index is 4.91. The maximum absolute atomic E-state index is 4.91. The molecule has 0 spiro atoms. The summed E-state index contributed by atoms with van der Waals surface area (Å²) >= 11 is 0. The minimum absolute atomic E-state index is 0.132. The van der Waals surface area contributed by atoms with Crippen molar-refractivity contribution in [2.75, 3.05) is 0 Å². The van der Waals surface area contributed by atoms with Gasteiger partial charge in [-0.25, -0.2) is 0 Å². The van der Waals surface area contributed by atoms with Gasteiger partial charge in [-0.05, 0) is 13.8 Å². The van der Waals surface area contributed by atoms with Crippen LogP contribution in [0.25, 0.3) is 0 Å². The minimum Gasteiger partial charge on any atom is -0.360 e. The molecule has 0 aliphatic rings. The highest BCUT2D eigenvalue weighted by atomic mass is 16.5. The molecule has 0 amide bonds. The van der Waals surface area contributed by atoms with E-state index in [0.29, 0.717) is 0 Å². The third kappa shape index (κ3) is 1.10. The smallest absolute Gasteiger partial charge is 0.146 e. The lowest BCUT2D eigenvalue weighted by atomic mass is 9.91. The molecule has 0 aromatic carbocycles. The van der Waals surface area contributed by atoms with Gasteiger partial charge in [0.25, 0.3) is 0 Å². The fourth-order valence-electron chi connectivity index (χ4n) is 0.591. The molecule has 0 saturated carbocycles. The Kier molecular flexibility index (Phi) is 1.62. The van der Waals surface area contributed by atoms with E-state index in [-0.39, 0.29) is 5.41 Å². The van der Waals surface area contributed by atoms with Gasteiger partial charge in [0.15, 0.2) is 0 Å². The summed E-state index contributed by atoms with van der Waals surface area (Å²) in [5, 5.41) is 3.49. The predicted molar refractivity (Wildman–Crippen MR) is 38.6 cm³/mol. The number of nitrogens with zero attached hydrogens (tertiary/aromatic N) is 1. The van der Waals surface area contributed by atoms with E-state index in [0.717, 1.165) is 5.76 Å². The molecule has 0 unspecified atom stereocenters. The van der Waals surface area contributed by atoms with Crippen molar-refractivity contribution in [2.45, 2.75) is 19.3 Å². The molecule has 2 heteroatoms. The first-order valence-electron chi connectivity index (χ1n) is 3.13. The Bertz CT molecular complexity index is 211. The van der Waals surface area contributed by atoms with Crippen molar-refractivity contribution >= 4 is 0 Å². The highest BCUT2D eigenvalue weighted by molar-refractivity contribution is 5.15. The van der Waals surface area contributed by atoms with Gasteiger partial charge < -0.3 is 4.52 Å². The van der Waals surface area contributed by atoms with Crippen molar-refractivity contribution in [1.82, 2.24) is 5.16 Å². The van der Waals surface area contributed by atoms with Gasteiger partial charge in [0.1, 0.15) is 12.0 Å². The molecule has 0 saturated heterocycles. The molecule has 1 aromatic heterocycles. The third-order valence-electron chi connectivity index (χ3n) is 1.54. The molecular formula is C8H10NO. The zero-order chi connectivity index (χ0) is 7.61. The van der Waals surface area contributed by atoms with E-state index in [1.54, 1.807) is 6.07 Å². The van der Waals surface area contributed by atoms with Gasteiger partial charge in [0.2, 0.25) is 0 Å². The Morgan fingerprint density at radius 3 is 2.90 bits per heavy atom. The number of hydrogen-bond donors (Lipinski definition) is 0. The van der Waals surface area contributed by atoms with Crippen molar-refractivity contribution in [3.05, 3.63) is 30.7 Å². The number of hydrogen-bond acceptors (Lipinski definition) is 2. The van der Waals surface area contributed by atoms with Crippen molar-refractivity contribution < 1.29 is 4.52 Å². The fourth-order valence-corrected chi connectivity index (χ4v) is 0.591. The van der Waals surface area contributed by atoms with Crippen LogP contribution in [0.3, 0.4) is 0 Å². The molecule has 0 atom stereocenters. The summed E-state index contributed by atoms with van der Waals surface area (Å²) in [5.41, 5.74) is -0.132. The molecule has 2 nitrogen and oxygen atoms in total. The lowest BCUT2D eigenvalue weighted by Gasteiger charge is -2.13. The number of rotatable bonds is 2. The van der Waals surface area contributed by atoms with Crippen molar-refractivity contribution in [2.24, 2.45) is 0 Å². The van der Waals surface area contributed by atoms with Gasteiger partial charge in [-0.2, -0.15) is 0 Å². The number of aromatic nitrogens is 1. The van der Waals surface area contributed by atoms with Gasteiger partial charge >= 0.3 is 0 Å². The first kappa shape index (κ1) is 7.06. The van der Waals surface area contributed by atoms with E-state index in [1.807, 2.05) is 19.9 Å². The van der Waals surface area contributed by atoms with E-state index < -0.39 is 0 Å². The first-order valence-corrected chi connectivity index (χ1v) is 3.13. The van der Waals surface area contributed by atoms with Crippen LogP contribution < -0.4 is 0 Å². The Morgan fingerprint density at radius 1 is 1.80 bits per heavy atom. The van der Waals surface area contributed by atoms with Crippen LogP contribution in [0.4, 0.5) is 0 Å². The Hall–Kier alpha value is -1.05. The summed E-state index contributed by atoms with van der Waals surface area (Å²) in [6, 6.07) is 1.72. The SMILES string of the molecule is C=CC(C)(C)c1c[c]no1. The Labute approximate surface area is 60.5 Å². The zero-order valence-electron chi connectivity index (χ0n) is 6.22. The zero-order valence-corrected chi connectivity index (χ0v) is 6.22. The van der Waals surface area contributed by atoms with Crippen molar-refractivity contribution in [3.8, 4) is 0 Å². The van der Waals surface area contributed by atoms with E-state index in [2.05, 4.69) is 17.9 Å². The second-order valence-corrected chi connectivity index (χ2v) is 2.75. The molecule has 0 fully saturated rings. The molecule has 0 aliphatic carbocycles. The molecule has 10 heavy (non-hydrogen) atoms. The molecule has 1 radical (unpaired) electrons. The summed E-state index contributed by atoms with van der Waals surface area (Å²) in [6.45, 7) is 7.70. The van der Waals surface area contributed by atoms with Crippen LogP contribution in [-0.4, -0.2) is 5.16 Å². The fraction of sp³-hybridized carbons (Fsp3) is 0.375. The first-order chi connectivity index (χ1) is 4.67. The molecule has 0 bridgehead atoms. The van der Waals surface area contributed by atoms with Gasteiger partial charge in [0, 0.05) is 11.5 Å². The summed E-state index contributed by atoms with van der Waals surface area (Å²) < 4.78 is 4.91. The summed E-state index contributed by atoms with van der Waals surface area (Å²) in [4.78, 5) is 0. The third-order valence-corrected chi connectivity index (χ3v) is 1.54. The molecule has 1 rings (SSSR count). The van der Waals surface area contributed by atoms with E-state index in [9.17, 15) is 0 Å². The summed E-state index contributed by atoms with van der Waals surface area (Å²) in [6.07, 6.45) is 4.43. The molecule has 0 aliphatic heterocycles. The van der Waals surface area contributed by atoms with E-state index in [4.69, 9.17) is 4.52 Å². The summed E-state index contributed by atoms with van der Waals surface area (Å²) in [7, 11) is 0. The molecule has 1 heterocycles. The molecular weight excluding hydrogens is 126 g/mol. The molecule has 0 N–H and O–H groups in total. The largest absolute Gasteiger partial charge is 0.360 e. The number of allylic oxidation sites excluding steroid dienone is 1. The van der Waals surface area contributed by atoms with Crippen LogP contribution >= 0.6 is 0 Å². The Morgan fingerprint density at radius 2 is 2.50 bits per heavy atom. The molecule has 53 valence electrons. The average molecular weight is 136 g/mol. The van der Waals surface area contributed by atoms with Gasteiger partial charge in [0.05, 0.1) is 0 Å². The van der Waals surface area contributed by atoms with Crippen LogP contribution in [0.2, 0.25) is 0 Å². The highest BCUT2D eigenvalue weighted by Crippen LogP contribution is 2.22. The quantitative estimate of drug-likeness (QED) is 0.581. The normalized spacial score (nSPS) is 11.4. The lowest BCUT2D eigenvalue weighted by Crippen LogP contribution is -2.11. The second-order valence-electron chi connectivity index (χ2n) is 2.75. The van der Waals surface area contributed by atoms with Crippen molar-refractivity contribution in [3.63, 3.8) is 0 Å². The van der Waals surface area contributed by atoms with Gasteiger partial charge in [-0.15, -0.1) is 6.58 Å². The standard InChI is InChI=1S/C8H10NO/c1-4-8(2,3)7-5-6-9-10-7/h4-5H,1H2,2-3H3. The van der Waals surface area contributed by atoms with Crippen molar-refractivity contribution in [1.29, 1.82) is 0 Å². The van der Waals surface area contributed by atoms with Crippen LogP contribution in [0.15, 0.2) is 23.2 Å². The predicted octanol–water partition coefficient (Wildman–Crippen LogP) is 1.94.